The molecule has 15 atom stereocenters. The number of likely N-dealkylation sites (N-methyl/N-ethyl adjacent to an activating group) is 1. The molecule has 0 aromatic heterocycles. The first-order valence-electron chi connectivity index (χ1n) is 19.4. The average molecular weight is 784 g/mol. The Morgan fingerprint density at radius 3 is 2.33 bits per heavy atom. The highest BCUT2D eigenvalue weighted by Gasteiger charge is 2.52. The number of ketones is 1. The zero-order chi connectivity index (χ0) is 41.2. The Balaban J connectivity index is 1.90. The highest BCUT2D eigenvalue weighted by Crippen LogP contribution is 2.37. The molecule has 1 unspecified atom stereocenters. The highest BCUT2D eigenvalue weighted by molar-refractivity contribution is 5.91. The minimum atomic E-state index is -1.49. The molecule has 0 radical (unpaired) electrons. The van der Waals surface area contributed by atoms with Crippen LogP contribution < -0.4 is 0 Å². The van der Waals surface area contributed by atoms with Gasteiger partial charge in [0, 0.05) is 38.7 Å². The lowest BCUT2D eigenvalue weighted by atomic mass is 9.83. The zero-order valence-corrected chi connectivity index (χ0v) is 34.1. The normalized spacial score (nSPS) is 41.1. The van der Waals surface area contributed by atoms with Crippen LogP contribution in [0, 0.1) is 17.8 Å². The molecule has 0 bridgehead atoms. The molecule has 0 aromatic rings. The maximum atomic E-state index is 13.1. The second-order valence-electron chi connectivity index (χ2n) is 16.2. The first-order valence-corrected chi connectivity index (χ1v) is 19.4. The number of ether oxygens (including phenoxy) is 7. The van der Waals surface area contributed by atoms with Crippen molar-refractivity contribution in [2.24, 2.45) is 17.8 Å². The number of allylic oxidation sites excluding steroid dienone is 3. The predicted octanol–water partition coefficient (Wildman–Crippen LogP) is 2.65. The van der Waals surface area contributed by atoms with E-state index >= 15 is 0 Å². The third-order valence-electron chi connectivity index (χ3n) is 10.5. The molecule has 0 amide bonds. The minimum absolute atomic E-state index is 0.0389. The van der Waals surface area contributed by atoms with Crippen molar-refractivity contribution < 1.29 is 67.7 Å². The van der Waals surface area contributed by atoms with Gasteiger partial charge in [0.05, 0.1) is 36.9 Å². The molecule has 0 aromatic carbocycles. The first kappa shape index (κ1) is 46.8. The number of rotatable bonds is 11. The number of aliphatic hydroxyl groups excluding tert-OH is 2. The van der Waals surface area contributed by atoms with E-state index in [0.29, 0.717) is 12.7 Å². The number of methoxy groups -OCH3 is 1. The second kappa shape index (κ2) is 21.2. The smallest absolute Gasteiger partial charge is 0.308 e. The summed E-state index contributed by atoms with van der Waals surface area (Å²) < 4.78 is 42.3. The van der Waals surface area contributed by atoms with E-state index in [1.807, 2.05) is 13.8 Å². The Morgan fingerprint density at radius 2 is 1.73 bits per heavy atom. The molecule has 2 fully saturated rings. The summed E-state index contributed by atoms with van der Waals surface area (Å²) in [5.74, 6) is -2.50. The van der Waals surface area contributed by atoms with E-state index in [4.69, 9.17) is 33.2 Å². The lowest BCUT2D eigenvalue weighted by Gasteiger charge is -2.50. The number of hydrogen-bond donors (Lipinski definition) is 3. The first-order chi connectivity index (χ1) is 25.8. The van der Waals surface area contributed by atoms with Crippen molar-refractivity contribution in [2.45, 2.75) is 166 Å². The number of hydrogen-bond acceptors (Lipinski definition) is 15. The Kier molecular flexibility index (Phi) is 18.1. The number of nitrogens with zero attached hydrogens (tertiary/aromatic N) is 1. The van der Waals surface area contributed by atoms with E-state index in [-0.39, 0.29) is 37.4 Å². The lowest BCUT2D eigenvalue weighted by Crippen LogP contribution is -2.66. The van der Waals surface area contributed by atoms with Gasteiger partial charge in [0.1, 0.15) is 36.3 Å². The summed E-state index contributed by atoms with van der Waals surface area (Å²) in [5.41, 5.74) is -1.49. The fraction of sp³-hybridized carbons (Fsp3) is 0.800. The molecule has 0 aliphatic carbocycles. The Bertz CT molecular complexity index is 1320. The monoisotopic (exact) mass is 783 g/mol. The Hall–Kier alpha value is -2.60. The van der Waals surface area contributed by atoms with Crippen molar-refractivity contribution in [1.29, 1.82) is 0 Å². The molecule has 0 spiro atoms. The minimum Gasteiger partial charge on any atom is -0.462 e. The van der Waals surface area contributed by atoms with Crippen molar-refractivity contribution in [3.8, 4) is 0 Å². The topological polar surface area (TPSA) is 197 Å². The van der Waals surface area contributed by atoms with E-state index in [9.17, 15) is 34.5 Å². The van der Waals surface area contributed by atoms with Gasteiger partial charge in [0.25, 0.3) is 0 Å². The van der Waals surface area contributed by atoms with Crippen molar-refractivity contribution in [1.82, 2.24) is 4.90 Å². The van der Waals surface area contributed by atoms with Gasteiger partial charge in [0.15, 0.2) is 24.5 Å². The largest absolute Gasteiger partial charge is 0.462 e. The van der Waals surface area contributed by atoms with Crippen LogP contribution in [0.15, 0.2) is 24.3 Å². The summed E-state index contributed by atoms with van der Waals surface area (Å²) in [4.78, 5) is 52.3. The summed E-state index contributed by atoms with van der Waals surface area (Å²) in [6.45, 7) is 12.2. The standard InChI is InChI=1S/C40H65NO14/c1-22(2)18-30(45)53-38-26(6)51-32(21-40(38,7)48)54-35-25(5)52-39(34(47)33(35)41(8)9)55-36-27(16-17-42)19-23(3)28(43)15-13-11-12-14-24(4)50-31(46)20-29(44)37(36)49-10/h11-13,15,17,22-27,29,32-39,44,47-48H,14,16,18-21H2,1-10H3/b12-11+,15-13+/t23-,24-,25-,26+,27-,29-,32?,33-,34-,35-,36+,37+,38+,39+,40-/m1/s1. The summed E-state index contributed by atoms with van der Waals surface area (Å²) in [5, 5.41) is 34.7. The van der Waals surface area contributed by atoms with Gasteiger partial charge in [-0.3, -0.25) is 14.4 Å². The Morgan fingerprint density at radius 1 is 1.04 bits per heavy atom. The van der Waals surface area contributed by atoms with Gasteiger partial charge < -0.3 is 58.2 Å². The van der Waals surface area contributed by atoms with E-state index in [1.165, 1.54) is 13.2 Å². The number of esters is 2. The summed E-state index contributed by atoms with van der Waals surface area (Å²) in [6, 6.07) is -0.768. The number of carbonyl (C=O) groups is 4. The van der Waals surface area contributed by atoms with E-state index in [1.54, 1.807) is 71.8 Å². The van der Waals surface area contributed by atoms with Crippen LogP contribution in [0.1, 0.15) is 87.0 Å². The summed E-state index contributed by atoms with van der Waals surface area (Å²) in [7, 11) is 4.83. The van der Waals surface area contributed by atoms with Crippen molar-refractivity contribution in [2.75, 3.05) is 21.2 Å². The predicted molar refractivity (Wildman–Crippen MR) is 199 cm³/mol. The van der Waals surface area contributed by atoms with Gasteiger partial charge in [-0.25, -0.2) is 0 Å². The fourth-order valence-electron chi connectivity index (χ4n) is 7.68. The van der Waals surface area contributed by atoms with Gasteiger partial charge in [-0.05, 0) is 66.1 Å². The highest BCUT2D eigenvalue weighted by atomic mass is 16.7. The van der Waals surface area contributed by atoms with Crippen LogP contribution in [0.3, 0.4) is 0 Å². The molecular formula is C40H65NO14. The molecule has 3 N–H and O–H groups in total. The second-order valence-corrected chi connectivity index (χ2v) is 16.2. The van der Waals surface area contributed by atoms with Crippen LogP contribution in [0.25, 0.3) is 0 Å². The third-order valence-corrected chi connectivity index (χ3v) is 10.5. The molecule has 3 aliphatic rings. The third kappa shape index (κ3) is 13.2. The Labute approximate surface area is 325 Å². The maximum absolute atomic E-state index is 13.1. The molecule has 15 nitrogen and oxygen atoms in total. The van der Waals surface area contributed by atoms with Gasteiger partial charge in [-0.2, -0.15) is 0 Å². The van der Waals surface area contributed by atoms with Gasteiger partial charge >= 0.3 is 11.9 Å². The van der Waals surface area contributed by atoms with Crippen molar-refractivity contribution in [3.05, 3.63) is 24.3 Å². The fourth-order valence-corrected chi connectivity index (χ4v) is 7.68. The molecule has 3 aliphatic heterocycles. The van der Waals surface area contributed by atoms with Crippen molar-refractivity contribution >= 4 is 24.0 Å². The van der Waals surface area contributed by atoms with Gasteiger partial charge in [0.2, 0.25) is 0 Å². The SMILES string of the molecule is CO[C@@H]1[C@@H](O[C@@H]2O[C@H](C)[C@@H](OC3C[C@@](C)(O)[C@@H](OC(=O)CC(C)C)[C@H](C)O3)[C@H](N(C)C)[C@H]2O)[C@H](CC=O)C[C@@H](C)C(=O)/C=C/C=C/C[C@@H](C)OC(=O)C[C@H]1O. The van der Waals surface area contributed by atoms with E-state index in [2.05, 4.69) is 0 Å². The molecule has 2 saturated heterocycles. The van der Waals surface area contributed by atoms with Crippen molar-refractivity contribution in [3.63, 3.8) is 0 Å². The zero-order valence-electron chi connectivity index (χ0n) is 34.1. The molecule has 3 heterocycles. The molecule has 0 saturated carbocycles. The number of aldehydes is 1. The summed E-state index contributed by atoms with van der Waals surface area (Å²) in [6.07, 6.45) is -3.87. The van der Waals surface area contributed by atoms with Gasteiger partial charge in [-0.1, -0.05) is 39.0 Å². The van der Waals surface area contributed by atoms with E-state index < -0.39 is 109 Å². The molecule has 55 heavy (non-hydrogen) atoms. The molecule has 15 heteroatoms. The number of carbonyl (C=O) groups excluding carboxylic acids is 4. The van der Waals surface area contributed by atoms with Crippen LogP contribution in [-0.4, -0.2) is 145 Å². The van der Waals surface area contributed by atoms with Crippen LogP contribution >= 0.6 is 0 Å². The lowest BCUT2D eigenvalue weighted by molar-refractivity contribution is -0.344. The van der Waals surface area contributed by atoms with E-state index in [0.717, 1.165) is 0 Å². The van der Waals surface area contributed by atoms with Crippen LogP contribution in [0.4, 0.5) is 0 Å². The molecule has 314 valence electrons. The number of aliphatic hydroxyl groups is 3. The van der Waals surface area contributed by atoms with Gasteiger partial charge in [-0.15, -0.1) is 0 Å². The molecule has 3 rings (SSSR count). The summed E-state index contributed by atoms with van der Waals surface area (Å²) >= 11 is 0. The number of cyclic esters (lactones) is 1. The van der Waals surface area contributed by atoms with Crippen LogP contribution in [0.5, 0.6) is 0 Å². The van der Waals surface area contributed by atoms with Crippen LogP contribution in [-0.2, 0) is 52.3 Å². The van der Waals surface area contributed by atoms with Crippen LogP contribution in [0.2, 0.25) is 0 Å². The average Bonchev–Trinajstić information content (AvgIpc) is 3.06. The molecular weight excluding hydrogens is 718 g/mol. The quantitative estimate of drug-likeness (QED) is 0.204. The maximum Gasteiger partial charge on any atom is 0.308 e.